The van der Waals surface area contributed by atoms with Gasteiger partial charge < -0.3 is 15.0 Å². The van der Waals surface area contributed by atoms with Crippen LogP contribution in [-0.4, -0.2) is 39.3 Å². The first-order valence-electron chi connectivity index (χ1n) is 6.02. The van der Waals surface area contributed by atoms with Crippen LogP contribution in [0.25, 0.3) is 11.2 Å². The molecule has 0 bridgehead atoms. The first kappa shape index (κ1) is 13.5. The molecule has 0 saturated heterocycles. The highest BCUT2D eigenvalue weighted by atomic mass is 79.9. The van der Waals surface area contributed by atoms with Crippen molar-refractivity contribution < 1.29 is 5.11 Å². The molecule has 0 radical (unpaired) electrons. The van der Waals surface area contributed by atoms with E-state index in [2.05, 4.69) is 35.8 Å². The van der Waals surface area contributed by atoms with Crippen molar-refractivity contribution in [1.82, 2.24) is 19.9 Å². The lowest BCUT2D eigenvalue weighted by Gasteiger charge is -2.07. The largest absolute Gasteiger partial charge is 0.395 e. The summed E-state index contributed by atoms with van der Waals surface area (Å²) in [6.45, 7) is 4.62. The molecule has 2 rings (SSSR count). The number of fused-ring (bicyclic) bond motifs is 1. The van der Waals surface area contributed by atoms with Crippen LogP contribution < -0.4 is 5.32 Å². The molecule has 6 heteroatoms. The zero-order chi connectivity index (χ0) is 13.0. The van der Waals surface area contributed by atoms with Gasteiger partial charge in [-0.05, 0) is 41.9 Å². The van der Waals surface area contributed by atoms with Crippen molar-refractivity contribution in [2.75, 3.05) is 19.7 Å². The Morgan fingerprint density at radius 3 is 3.06 bits per heavy atom. The highest BCUT2D eigenvalue weighted by molar-refractivity contribution is 9.10. The van der Waals surface area contributed by atoms with E-state index >= 15 is 0 Å². The minimum Gasteiger partial charge on any atom is -0.395 e. The fourth-order valence-corrected chi connectivity index (χ4v) is 2.26. The molecule has 0 saturated carbocycles. The van der Waals surface area contributed by atoms with Gasteiger partial charge in [0.2, 0.25) is 0 Å². The van der Waals surface area contributed by atoms with E-state index in [-0.39, 0.29) is 6.61 Å². The Kier molecular flexibility index (Phi) is 4.68. The maximum absolute atomic E-state index is 8.67. The number of aliphatic hydroxyl groups excluding tert-OH is 1. The van der Waals surface area contributed by atoms with Gasteiger partial charge in [0.1, 0.15) is 5.82 Å². The summed E-state index contributed by atoms with van der Waals surface area (Å²) in [4.78, 5) is 8.73. The summed E-state index contributed by atoms with van der Waals surface area (Å²) < 4.78 is 3.14. The van der Waals surface area contributed by atoms with E-state index in [4.69, 9.17) is 5.11 Å². The number of halogens is 1. The van der Waals surface area contributed by atoms with Crippen molar-refractivity contribution in [1.29, 1.82) is 0 Å². The van der Waals surface area contributed by atoms with Gasteiger partial charge in [-0.15, -0.1) is 0 Å². The average molecular weight is 313 g/mol. The first-order valence-corrected chi connectivity index (χ1v) is 6.81. The van der Waals surface area contributed by atoms with Crippen LogP contribution in [0.2, 0.25) is 0 Å². The molecular weight excluding hydrogens is 296 g/mol. The normalized spacial score (nSPS) is 11.3. The maximum Gasteiger partial charge on any atom is 0.177 e. The third-order valence-electron chi connectivity index (χ3n) is 2.79. The van der Waals surface area contributed by atoms with Crippen LogP contribution in [-0.2, 0) is 6.54 Å². The van der Waals surface area contributed by atoms with Crippen molar-refractivity contribution in [3.63, 3.8) is 0 Å². The van der Waals surface area contributed by atoms with Gasteiger partial charge in [0, 0.05) is 23.8 Å². The lowest BCUT2D eigenvalue weighted by molar-refractivity contribution is 0.292. The van der Waals surface area contributed by atoms with Crippen molar-refractivity contribution in [3.8, 4) is 0 Å². The van der Waals surface area contributed by atoms with E-state index in [9.17, 15) is 0 Å². The van der Waals surface area contributed by atoms with E-state index < -0.39 is 0 Å². The number of aryl methyl sites for hydroxylation is 2. The fourth-order valence-electron chi connectivity index (χ4n) is 1.94. The average Bonchev–Trinajstić information content (AvgIpc) is 2.65. The summed E-state index contributed by atoms with van der Waals surface area (Å²) in [7, 11) is 0. The quantitative estimate of drug-likeness (QED) is 0.793. The molecule has 2 aromatic heterocycles. The fraction of sp³-hybridized carbons (Fsp3) is 0.500. The molecule has 18 heavy (non-hydrogen) atoms. The van der Waals surface area contributed by atoms with Crippen LogP contribution in [0, 0.1) is 6.92 Å². The van der Waals surface area contributed by atoms with Crippen LogP contribution >= 0.6 is 15.9 Å². The van der Waals surface area contributed by atoms with Gasteiger partial charge in [-0.2, -0.15) is 0 Å². The minimum absolute atomic E-state index is 0.184. The summed E-state index contributed by atoms with van der Waals surface area (Å²) in [6, 6.07) is 2.05. The van der Waals surface area contributed by atoms with Gasteiger partial charge in [0.25, 0.3) is 0 Å². The van der Waals surface area contributed by atoms with Crippen LogP contribution in [0.4, 0.5) is 0 Å². The molecule has 0 aliphatic carbocycles. The third kappa shape index (κ3) is 3.07. The third-order valence-corrected chi connectivity index (χ3v) is 3.22. The Labute approximate surface area is 114 Å². The molecule has 0 spiro atoms. The topological polar surface area (TPSA) is 63.0 Å². The lowest BCUT2D eigenvalue weighted by atomic mass is 10.3. The number of aliphatic hydroxyl groups is 1. The molecule has 0 amide bonds. The molecule has 2 heterocycles. The first-order chi connectivity index (χ1) is 8.72. The van der Waals surface area contributed by atoms with Crippen molar-refractivity contribution in [2.24, 2.45) is 0 Å². The number of hydrogen-bond donors (Lipinski definition) is 2. The predicted molar refractivity (Wildman–Crippen MR) is 74.5 cm³/mol. The Morgan fingerprint density at radius 1 is 1.44 bits per heavy atom. The van der Waals surface area contributed by atoms with Crippen LogP contribution in [0.3, 0.4) is 0 Å². The van der Waals surface area contributed by atoms with E-state index in [1.807, 2.05) is 13.0 Å². The van der Waals surface area contributed by atoms with Crippen LogP contribution in [0.1, 0.15) is 12.2 Å². The summed E-state index contributed by atoms with van der Waals surface area (Å²) >= 11 is 3.43. The second kappa shape index (κ2) is 6.26. The molecule has 2 N–H and O–H groups in total. The number of imidazole rings is 1. The van der Waals surface area contributed by atoms with E-state index in [0.29, 0.717) is 6.54 Å². The van der Waals surface area contributed by atoms with Gasteiger partial charge in [0.15, 0.2) is 5.65 Å². The summed E-state index contributed by atoms with van der Waals surface area (Å²) in [5.41, 5.74) is 1.85. The smallest absolute Gasteiger partial charge is 0.177 e. The second-order valence-electron chi connectivity index (χ2n) is 4.13. The van der Waals surface area contributed by atoms with E-state index in [1.165, 1.54) is 0 Å². The molecule has 0 aromatic carbocycles. The molecule has 98 valence electrons. The monoisotopic (exact) mass is 312 g/mol. The van der Waals surface area contributed by atoms with E-state index in [0.717, 1.165) is 41.0 Å². The Hall–Kier alpha value is -0.980. The predicted octanol–water partition coefficient (Wildman–Crippen LogP) is 1.47. The summed E-state index contributed by atoms with van der Waals surface area (Å²) in [5.74, 6) is 0.984. The Bertz CT molecular complexity index is 526. The molecule has 0 unspecified atom stereocenters. The highest BCUT2D eigenvalue weighted by Crippen LogP contribution is 2.18. The SMILES string of the molecule is Cc1nc2ncc(Br)cc2n1CCCNCCO. The van der Waals surface area contributed by atoms with Crippen molar-refractivity contribution in [3.05, 3.63) is 22.6 Å². The Balaban J connectivity index is 2.07. The number of hydrogen-bond acceptors (Lipinski definition) is 4. The number of pyridine rings is 1. The molecule has 2 aromatic rings. The lowest BCUT2D eigenvalue weighted by Crippen LogP contribution is -2.20. The summed E-state index contributed by atoms with van der Waals surface area (Å²) in [6.07, 6.45) is 2.76. The van der Waals surface area contributed by atoms with Gasteiger partial charge in [0.05, 0.1) is 12.1 Å². The van der Waals surface area contributed by atoms with Crippen LogP contribution in [0.5, 0.6) is 0 Å². The molecule has 0 aliphatic rings. The minimum atomic E-state index is 0.184. The standard InChI is InChI=1S/C12H17BrN4O/c1-9-16-12-11(7-10(13)8-15-12)17(9)5-2-3-14-4-6-18/h7-8,14,18H,2-6H2,1H3. The number of aromatic nitrogens is 3. The number of nitrogens with zero attached hydrogens (tertiary/aromatic N) is 3. The molecule has 0 atom stereocenters. The highest BCUT2D eigenvalue weighted by Gasteiger charge is 2.08. The van der Waals surface area contributed by atoms with Gasteiger partial charge in [-0.3, -0.25) is 0 Å². The zero-order valence-corrected chi connectivity index (χ0v) is 11.9. The summed E-state index contributed by atoms with van der Waals surface area (Å²) in [5, 5.41) is 11.8. The number of rotatable bonds is 6. The molecule has 0 aliphatic heterocycles. The van der Waals surface area contributed by atoms with Gasteiger partial charge >= 0.3 is 0 Å². The molecule has 0 fully saturated rings. The van der Waals surface area contributed by atoms with Gasteiger partial charge in [-0.25, -0.2) is 9.97 Å². The Morgan fingerprint density at radius 2 is 2.28 bits per heavy atom. The van der Waals surface area contributed by atoms with Crippen molar-refractivity contribution >= 4 is 27.1 Å². The van der Waals surface area contributed by atoms with Crippen LogP contribution in [0.15, 0.2) is 16.7 Å². The zero-order valence-electron chi connectivity index (χ0n) is 10.4. The number of nitrogens with one attached hydrogen (secondary N) is 1. The van der Waals surface area contributed by atoms with Gasteiger partial charge in [-0.1, -0.05) is 0 Å². The second-order valence-corrected chi connectivity index (χ2v) is 5.05. The van der Waals surface area contributed by atoms with E-state index in [1.54, 1.807) is 6.20 Å². The molecular formula is C12H17BrN4O. The maximum atomic E-state index is 8.67. The van der Waals surface area contributed by atoms with Crippen molar-refractivity contribution in [2.45, 2.75) is 19.9 Å². The molecule has 5 nitrogen and oxygen atoms in total.